The summed E-state index contributed by atoms with van der Waals surface area (Å²) in [5.74, 6) is -0.996. The van der Waals surface area contributed by atoms with Gasteiger partial charge in [-0.25, -0.2) is 5.43 Å². The summed E-state index contributed by atoms with van der Waals surface area (Å²) < 4.78 is 0. The molecule has 136 valence electrons. The van der Waals surface area contributed by atoms with E-state index >= 15 is 0 Å². The number of hydrogen-bond donors (Lipinski definition) is 3. The number of hydrazone groups is 1. The quantitative estimate of drug-likeness (QED) is 0.406. The number of para-hydroxylation sites is 1. The zero-order valence-electron chi connectivity index (χ0n) is 14.1. The van der Waals surface area contributed by atoms with Crippen molar-refractivity contribution < 1.29 is 14.8 Å². The number of amides is 1. The standard InChI is InChI=1S/C17H17ClN4O4/c1-10-5-3-4-6-14(10)20-11(2)17(24)21-19-9-12-7-13(18)8-15(16(12)23)22(25)26/h3-9,11,20,23H,1-2H3,(H,21,24)/t11-/m0/s1. The van der Waals surface area contributed by atoms with Gasteiger partial charge in [-0.1, -0.05) is 29.8 Å². The number of halogens is 1. The van der Waals surface area contributed by atoms with Gasteiger partial charge in [-0.15, -0.1) is 0 Å². The molecular formula is C17H17ClN4O4. The molecule has 2 rings (SSSR count). The first-order chi connectivity index (χ1) is 12.3. The third kappa shape index (κ3) is 4.70. The van der Waals surface area contributed by atoms with E-state index in [0.29, 0.717) is 0 Å². The van der Waals surface area contributed by atoms with Crippen molar-refractivity contribution in [1.29, 1.82) is 0 Å². The first kappa shape index (κ1) is 19.2. The highest BCUT2D eigenvalue weighted by atomic mass is 35.5. The van der Waals surface area contributed by atoms with Crippen LogP contribution in [0.1, 0.15) is 18.1 Å². The number of phenols is 1. The minimum Gasteiger partial charge on any atom is -0.502 e. The molecular weight excluding hydrogens is 360 g/mol. The van der Waals surface area contributed by atoms with Crippen LogP contribution in [0, 0.1) is 17.0 Å². The normalized spacial score (nSPS) is 12.0. The lowest BCUT2D eigenvalue weighted by Crippen LogP contribution is -2.35. The molecule has 0 bridgehead atoms. The number of hydrogen-bond acceptors (Lipinski definition) is 6. The third-order valence-corrected chi connectivity index (χ3v) is 3.79. The highest BCUT2D eigenvalue weighted by molar-refractivity contribution is 6.31. The Labute approximate surface area is 154 Å². The van der Waals surface area contributed by atoms with Gasteiger partial charge < -0.3 is 10.4 Å². The first-order valence-electron chi connectivity index (χ1n) is 7.61. The second-order valence-electron chi connectivity index (χ2n) is 5.54. The molecule has 0 aliphatic heterocycles. The lowest BCUT2D eigenvalue weighted by Gasteiger charge is -2.15. The van der Waals surface area contributed by atoms with E-state index in [-0.39, 0.29) is 10.6 Å². The van der Waals surface area contributed by atoms with E-state index in [1.807, 2.05) is 31.2 Å². The van der Waals surface area contributed by atoms with Gasteiger partial charge in [0.25, 0.3) is 5.91 Å². The number of nitro groups is 1. The molecule has 2 aromatic rings. The van der Waals surface area contributed by atoms with Crippen LogP contribution in [0.3, 0.4) is 0 Å². The fraction of sp³-hybridized carbons (Fsp3) is 0.176. The zero-order valence-corrected chi connectivity index (χ0v) is 14.8. The highest BCUT2D eigenvalue weighted by Crippen LogP contribution is 2.32. The number of benzene rings is 2. The first-order valence-corrected chi connectivity index (χ1v) is 7.99. The van der Waals surface area contributed by atoms with E-state index in [1.54, 1.807) is 6.92 Å². The Balaban J connectivity index is 2.05. The summed E-state index contributed by atoms with van der Waals surface area (Å²) in [6.07, 6.45) is 1.09. The fourth-order valence-corrected chi connectivity index (χ4v) is 2.36. The SMILES string of the molecule is Cc1ccccc1N[C@@H](C)C(=O)NN=Cc1cc(Cl)cc([N+](=O)[O-])c1O. The maximum Gasteiger partial charge on any atom is 0.312 e. The van der Waals surface area contributed by atoms with Crippen molar-refractivity contribution in [3.63, 3.8) is 0 Å². The topological polar surface area (TPSA) is 117 Å². The summed E-state index contributed by atoms with van der Waals surface area (Å²) in [5, 5.41) is 27.6. The van der Waals surface area contributed by atoms with Crippen LogP contribution in [0.4, 0.5) is 11.4 Å². The van der Waals surface area contributed by atoms with Crippen molar-refractivity contribution in [1.82, 2.24) is 5.43 Å². The van der Waals surface area contributed by atoms with E-state index in [1.165, 1.54) is 6.07 Å². The molecule has 0 aliphatic carbocycles. The van der Waals surface area contributed by atoms with Crippen LogP contribution in [0.25, 0.3) is 0 Å². The van der Waals surface area contributed by atoms with Gasteiger partial charge in [0.1, 0.15) is 6.04 Å². The molecule has 0 aliphatic rings. The maximum absolute atomic E-state index is 12.1. The predicted octanol–water partition coefficient (Wildman–Crippen LogP) is 3.21. The van der Waals surface area contributed by atoms with Crippen LogP contribution in [0.15, 0.2) is 41.5 Å². The summed E-state index contributed by atoms with van der Waals surface area (Å²) in [6, 6.07) is 9.27. The number of carbonyl (C=O) groups excluding carboxylic acids is 1. The van der Waals surface area contributed by atoms with Crippen LogP contribution in [0.2, 0.25) is 5.02 Å². The van der Waals surface area contributed by atoms with Gasteiger partial charge >= 0.3 is 5.69 Å². The Morgan fingerprint density at radius 3 is 2.73 bits per heavy atom. The Hall–Kier alpha value is -3.13. The van der Waals surface area contributed by atoms with Crippen molar-refractivity contribution in [2.75, 3.05) is 5.32 Å². The highest BCUT2D eigenvalue weighted by Gasteiger charge is 2.18. The Morgan fingerprint density at radius 1 is 1.38 bits per heavy atom. The monoisotopic (exact) mass is 376 g/mol. The Morgan fingerprint density at radius 2 is 2.08 bits per heavy atom. The van der Waals surface area contributed by atoms with Gasteiger partial charge in [0.2, 0.25) is 5.75 Å². The van der Waals surface area contributed by atoms with Gasteiger partial charge in [0, 0.05) is 22.3 Å². The van der Waals surface area contributed by atoms with E-state index in [0.717, 1.165) is 23.5 Å². The van der Waals surface area contributed by atoms with Gasteiger partial charge in [0.05, 0.1) is 11.1 Å². The number of aromatic hydroxyl groups is 1. The number of carbonyl (C=O) groups is 1. The molecule has 0 saturated carbocycles. The summed E-state index contributed by atoms with van der Waals surface area (Å²) in [6.45, 7) is 3.58. The number of nitrogens with one attached hydrogen (secondary N) is 2. The predicted molar refractivity (Wildman–Crippen MR) is 99.8 cm³/mol. The van der Waals surface area contributed by atoms with E-state index < -0.39 is 28.3 Å². The molecule has 1 amide bonds. The molecule has 0 heterocycles. The number of rotatable bonds is 6. The number of aryl methyl sites for hydroxylation is 1. The molecule has 0 aromatic heterocycles. The largest absolute Gasteiger partial charge is 0.502 e. The number of nitro benzene ring substituents is 1. The number of nitrogens with zero attached hydrogens (tertiary/aromatic N) is 2. The van der Waals surface area contributed by atoms with Crippen LogP contribution in [-0.4, -0.2) is 28.2 Å². The second kappa shape index (κ2) is 8.30. The second-order valence-corrected chi connectivity index (χ2v) is 5.97. The average Bonchev–Trinajstić information content (AvgIpc) is 2.59. The minimum absolute atomic E-state index is 0.0176. The minimum atomic E-state index is -0.759. The lowest BCUT2D eigenvalue weighted by molar-refractivity contribution is -0.385. The third-order valence-electron chi connectivity index (χ3n) is 3.57. The molecule has 0 spiro atoms. The summed E-state index contributed by atoms with van der Waals surface area (Å²) in [5.41, 5.74) is 3.60. The van der Waals surface area contributed by atoms with Gasteiger partial charge in [-0.3, -0.25) is 14.9 Å². The molecule has 9 heteroatoms. The molecule has 3 N–H and O–H groups in total. The van der Waals surface area contributed by atoms with Crippen LogP contribution >= 0.6 is 11.6 Å². The lowest BCUT2D eigenvalue weighted by atomic mass is 10.2. The summed E-state index contributed by atoms with van der Waals surface area (Å²) >= 11 is 5.79. The van der Waals surface area contributed by atoms with E-state index in [2.05, 4.69) is 15.8 Å². The number of phenolic OH excluding ortho intramolecular Hbond substituents is 1. The Bertz CT molecular complexity index is 870. The van der Waals surface area contributed by atoms with Gasteiger partial charge in [-0.05, 0) is 31.5 Å². The van der Waals surface area contributed by atoms with Crippen LogP contribution in [-0.2, 0) is 4.79 Å². The molecule has 0 unspecified atom stereocenters. The molecule has 2 aromatic carbocycles. The maximum atomic E-state index is 12.1. The van der Waals surface area contributed by atoms with Gasteiger partial charge in [0.15, 0.2) is 0 Å². The fourth-order valence-electron chi connectivity index (χ4n) is 2.14. The van der Waals surface area contributed by atoms with Crippen molar-refractivity contribution in [3.05, 3.63) is 62.7 Å². The van der Waals surface area contributed by atoms with Gasteiger partial charge in [-0.2, -0.15) is 5.10 Å². The van der Waals surface area contributed by atoms with Crippen molar-refractivity contribution in [2.45, 2.75) is 19.9 Å². The van der Waals surface area contributed by atoms with E-state index in [4.69, 9.17) is 11.6 Å². The molecule has 0 saturated heterocycles. The molecule has 0 radical (unpaired) electrons. The Kier molecular flexibility index (Phi) is 6.13. The van der Waals surface area contributed by atoms with Crippen LogP contribution in [0.5, 0.6) is 5.75 Å². The van der Waals surface area contributed by atoms with Crippen LogP contribution < -0.4 is 10.7 Å². The summed E-state index contributed by atoms with van der Waals surface area (Å²) in [4.78, 5) is 22.2. The average molecular weight is 377 g/mol. The van der Waals surface area contributed by atoms with Crippen molar-refractivity contribution in [2.24, 2.45) is 5.10 Å². The van der Waals surface area contributed by atoms with Crippen molar-refractivity contribution >= 4 is 35.1 Å². The van der Waals surface area contributed by atoms with E-state index in [9.17, 15) is 20.0 Å². The molecule has 0 fully saturated rings. The molecule has 8 nitrogen and oxygen atoms in total. The smallest absolute Gasteiger partial charge is 0.312 e. The number of anilines is 1. The summed E-state index contributed by atoms with van der Waals surface area (Å²) in [7, 11) is 0. The van der Waals surface area contributed by atoms with Crippen molar-refractivity contribution in [3.8, 4) is 5.75 Å². The zero-order chi connectivity index (χ0) is 19.3. The molecule has 26 heavy (non-hydrogen) atoms. The molecule has 1 atom stereocenters.